The first kappa shape index (κ1) is 15.8. The highest BCUT2D eigenvalue weighted by Crippen LogP contribution is 2.34. The molecular weight excluding hydrogens is 242 g/mol. The van der Waals surface area contributed by atoms with E-state index in [1.807, 2.05) is 25.2 Å². The molecule has 0 saturated heterocycles. The Morgan fingerprint density at radius 2 is 1.84 bits per heavy atom. The third-order valence-corrected chi connectivity index (χ3v) is 3.41. The van der Waals surface area contributed by atoms with Gasteiger partial charge in [-0.3, -0.25) is 0 Å². The highest BCUT2D eigenvalue weighted by molar-refractivity contribution is 5.42. The lowest BCUT2D eigenvalue weighted by Gasteiger charge is -2.29. The molecule has 1 unspecified atom stereocenters. The molecule has 0 bridgehead atoms. The second-order valence-corrected chi connectivity index (χ2v) is 5.12. The van der Waals surface area contributed by atoms with Crippen LogP contribution < -0.4 is 14.8 Å². The van der Waals surface area contributed by atoms with Crippen LogP contribution in [0.2, 0.25) is 0 Å². The third-order valence-electron chi connectivity index (χ3n) is 3.41. The van der Waals surface area contributed by atoms with Crippen molar-refractivity contribution in [2.24, 2.45) is 0 Å². The monoisotopic (exact) mass is 267 g/mol. The maximum absolute atomic E-state index is 5.51. The molecule has 0 saturated carbocycles. The van der Waals surface area contributed by atoms with Gasteiger partial charge in [0.05, 0.1) is 19.8 Å². The Morgan fingerprint density at radius 1 is 1.16 bits per heavy atom. The average Bonchev–Trinajstić information content (AvgIpc) is 2.44. The van der Waals surface area contributed by atoms with Gasteiger partial charge in [0.15, 0.2) is 0 Å². The fourth-order valence-electron chi connectivity index (χ4n) is 2.05. The van der Waals surface area contributed by atoms with Crippen LogP contribution in [0.3, 0.4) is 0 Å². The average molecular weight is 267 g/mol. The predicted octanol–water partition coefficient (Wildman–Crippen LogP) is 2.78. The van der Waals surface area contributed by atoms with Gasteiger partial charge >= 0.3 is 0 Å². The number of hydrogen-bond donors (Lipinski definition) is 1. The van der Waals surface area contributed by atoms with Crippen LogP contribution in [0.15, 0.2) is 18.2 Å². The summed E-state index contributed by atoms with van der Waals surface area (Å²) in [4.78, 5) is 0. The number of nitrogens with one attached hydrogen (secondary N) is 1. The molecule has 0 aliphatic heterocycles. The molecule has 0 spiro atoms. The molecule has 1 rings (SSSR count). The van der Waals surface area contributed by atoms with Gasteiger partial charge in [0, 0.05) is 18.7 Å². The molecule has 19 heavy (non-hydrogen) atoms. The first-order valence-electron chi connectivity index (χ1n) is 6.41. The molecule has 0 aromatic heterocycles. The van der Waals surface area contributed by atoms with Crippen LogP contribution in [0.5, 0.6) is 11.5 Å². The molecule has 0 aliphatic carbocycles. The van der Waals surface area contributed by atoms with E-state index in [1.165, 1.54) is 0 Å². The van der Waals surface area contributed by atoms with Gasteiger partial charge < -0.3 is 19.5 Å². The summed E-state index contributed by atoms with van der Waals surface area (Å²) in [6.07, 6.45) is 0.837. The van der Waals surface area contributed by atoms with E-state index in [1.54, 1.807) is 21.3 Å². The summed E-state index contributed by atoms with van der Waals surface area (Å²) in [7, 11) is 7.02. The number of rotatable bonds is 7. The SMILES string of the molecule is CNC(CC(C)(C)OC)c1cc(OC)ccc1OC. The van der Waals surface area contributed by atoms with Gasteiger partial charge in [0.2, 0.25) is 0 Å². The molecule has 0 fully saturated rings. The summed E-state index contributed by atoms with van der Waals surface area (Å²) in [5.74, 6) is 1.68. The molecule has 0 heterocycles. The van der Waals surface area contributed by atoms with E-state index in [-0.39, 0.29) is 11.6 Å². The Kier molecular flexibility index (Phi) is 5.63. The van der Waals surface area contributed by atoms with Crippen molar-refractivity contribution in [2.75, 3.05) is 28.4 Å². The van der Waals surface area contributed by atoms with E-state index in [0.29, 0.717) is 0 Å². The molecule has 108 valence electrons. The van der Waals surface area contributed by atoms with Crippen molar-refractivity contribution in [2.45, 2.75) is 31.9 Å². The van der Waals surface area contributed by atoms with Crippen molar-refractivity contribution in [1.29, 1.82) is 0 Å². The normalized spacial score (nSPS) is 13.2. The zero-order valence-corrected chi connectivity index (χ0v) is 12.7. The van der Waals surface area contributed by atoms with Gasteiger partial charge in [-0.2, -0.15) is 0 Å². The zero-order valence-electron chi connectivity index (χ0n) is 12.7. The minimum Gasteiger partial charge on any atom is -0.497 e. The molecule has 1 aromatic carbocycles. The van der Waals surface area contributed by atoms with E-state index in [9.17, 15) is 0 Å². The Morgan fingerprint density at radius 3 is 2.32 bits per heavy atom. The zero-order chi connectivity index (χ0) is 14.5. The number of methoxy groups -OCH3 is 3. The van der Waals surface area contributed by atoms with Crippen molar-refractivity contribution in [3.63, 3.8) is 0 Å². The Labute approximate surface area is 116 Å². The maximum Gasteiger partial charge on any atom is 0.123 e. The second kappa shape index (κ2) is 6.78. The maximum atomic E-state index is 5.51. The summed E-state index contributed by atoms with van der Waals surface area (Å²) in [6.45, 7) is 4.15. The van der Waals surface area contributed by atoms with Crippen LogP contribution in [0, 0.1) is 0 Å². The van der Waals surface area contributed by atoms with Crippen LogP contribution in [0.25, 0.3) is 0 Å². The summed E-state index contributed by atoms with van der Waals surface area (Å²) in [6, 6.07) is 5.97. The van der Waals surface area contributed by atoms with Gasteiger partial charge in [0.25, 0.3) is 0 Å². The lowest BCUT2D eigenvalue weighted by molar-refractivity contribution is 0.00727. The molecule has 1 atom stereocenters. The van der Waals surface area contributed by atoms with Gasteiger partial charge in [-0.1, -0.05) is 0 Å². The Hall–Kier alpha value is -1.26. The third kappa shape index (κ3) is 4.11. The van der Waals surface area contributed by atoms with Crippen molar-refractivity contribution in [1.82, 2.24) is 5.32 Å². The second-order valence-electron chi connectivity index (χ2n) is 5.12. The summed E-state index contributed by atoms with van der Waals surface area (Å²) >= 11 is 0. The lowest BCUT2D eigenvalue weighted by Crippen LogP contribution is -2.30. The van der Waals surface area contributed by atoms with E-state index < -0.39 is 0 Å². The Bertz CT molecular complexity index is 404. The standard InChI is InChI=1S/C15H25NO3/c1-15(2,19-6)10-13(16-3)12-9-11(17-4)7-8-14(12)18-5/h7-9,13,16H,10H2,1-6H3. The van der Waals surface area contributed by atoms with Crippen LogP contribution in [-0.2, 0) is 4.74 Å². The fourth-order valence-corrected chi connectivity index (χ4v) is 2.05. The topological polar surface area (TPSA) is 39.7 Å². The van der Waals surface area contributed by atoms with E-state index in [4.69, 9.17) is 14.2 Å². The predicted molar refractivity (Wildman–Crippen MR) is 77.1 cm³/mol. The van der Waals surface area contributed by atoms with Crippen molar-refractivity contribution < 1.29 is 14.2 Å². The van der Waals surface area contributed by atoms with Crippen molar-refractivity contribution in [3.8, 4) is 11.5 Å². The Balaban J connectivity index is 3.08. The highest BCUT2D eigenvalue weighted by atomic mass is 16.5. The first-order chi connectivity index (χ1) is 8.97. The van der Waals surface area contributed by atoms with Crippen LogP contribution in [-0.4, -0.2) is 34.0 Å². The van der Waals surface area contributed by atoms with Crippen molar-refractivity contribution >= 4 is 0 Å². The number of ether oxygens (including phenoxy) is 3. The van der Waals surface area contributed by atoms with Crippen LogP contribution in [0.4, 0.5) is 0 Å². The van der Waals surface area contributed by atoms with Crippen LogP contribution >= 0.6 is 0 Å². The largest absolute Gasteiger partial charge is 0.497 e. The number of benzene rings is 1. The quantitative estimate of drug-likeness (QED) is 0.824. The molecule has 4 heteroatoms. The minimum absolute atomic E-state index is 0.139. The van der Waals surface area contributed by atoms with Gasteiger partial charge in [-0.05, 0) is 45.5 Å². The molecule has 1 aromatic rings. The molecule has 0 radical (unpaired) electrons. The summed E-state index contributed by atoms with van der Waals surface area (Å²) in [5, 5.41) is 3.32. The van der Waals surface area contributed by atoms with E-state index in [0.717, 1.165) is 23.5 Å². The smallest absolute Gasteiger partial charge is 0.123 e. The van der Waals surface area contributed by atoms with Gasteiger partial charge in [-0.25, -0.2) is 0 Å². The summed E-state index contributed by atoms with van der Waals surface area (Å²) in [5.41, 5.74) is 0.872. The highest BCUT2D eigenvalue weighted by Gasteiger charge is 2.25. The van der Waals surface area contributed by atoms with E-state index >= 15 is 0 Å². The van der Waals surface area contributed by atoms with Gasteiger partial charge in [0.1, 0.15) is 11.5 Å². The molecule has 0 aliphatic rings. The first-order valence-corrected chi connectivity index (χ1v) is 6.41. The molecule has 0 amide bonds. The molecule has 4 nitrogen and oxygen atoms in total. The summed E-state index contributed by atoms with van der Waals surface area (Å²) < 4.78 is 16.2. The molecular formula is C15H25NO3. The minimum atomic E-state index is -0.207. The molecule has 1 N–H and O–H groups in total. The lowest BCUT2D eigenvalue weighted by atomic mass is 9.93. The van der Waals surface area contributed by atoms with Crippen LogP contribution in [0.1, 0.15) is 31.9 Å². The van der Waals surface area contributed by atoms with E-state index in [2.05, 4.69) is 19.2 Å². The van der Waals surface area contributed by atoms with Crippen molar-refractivity contribution in [3.05, 3.63) is 23.8 Å². The van der Waals surface area contributed by atoms with Gasteiger partial charge in [-0.15, -0.1) is 0 Å². The fraction of sp³-hybridized carbons (Fsp3) is 0.600. The number of hydrogen-bond acceptors (Lipinski definition) is 4.